The minimum atomic E-state index is -0.392. The first-order valence-electron chi connectivity index (χ1n) is 8.44. The monoisotopic (exact) mass is 355 g/mol. The Morgan fingerprint density at radius 1 is 0.962 bits per heavy atom. The number of aliphatic hydroxyl groups excluding tert-OH is 1. The van der Waals surface area contributed by atoms with E-state index in [1.165, 1.54) is 0 Å². The van der Waals surface area contributed by atoms with E-state index in [-0.39, 0.29) is 24.0 Å². The van der Waals surface area contributed by atoms with Gasteiger partial charge in [-0.15, -0.1) is 0 Å². The second-order valence-electron chi connectivity index (χ2n) is 7.10. The zero-order valence-corrected chi connectivity index (χ0v) is 15.2. The molecule has 0 heterocycles. The molecule has 6 nitrogen and oxygen atoms in total. The van der Waals surface area contributed by atoms with Crippen LogP contribution in [0, 0.1) is 5.41 Å². The highest BCUT2D eigenvalue weighted by atomic mass is 16.3. The fourth-order valence-corrected chi connectivity index (χ4v) is 2.33. The average molecular weight is 355 g/mol. The average Bonchev–Trinajstić information content (AvgIpc) is 2.59. The molecule has 0 aromatic heterocycles. The molecule has 2 aromatic carbocycles. The van der Waals surface area contributed by atoms with Crippen LogP contribution in [0.3, 0.4) is 0 Å². The predicted octanol–water partition coefficient (Wildman–Crippen LogP) is 3.47. The summed E-state index contributed by atoms with van der Waals surface area (Å²) in [4.78, 5) is 24.5. The van der Waals surface area contributed by atoms with Crippen LogP contribution in [0.5, 0.6) is 0 Å². The Hall–Kier alpha value is -2.86. The number of amides is 3. The van der Waals surface area contributed by atoms with Crippen LogP contribution in [0.15, 0.2) is 54.6 Å². The lowest BCUT2D eigenvalue weighted by molar-refractivity contribution is 0.0848. The maximum absolute atomic E-state index is 12.4. The Kier molecular flexibility index (Phi) is 6.36. The van der Waals surface area contributed by atoms with E-state index in [9.17, 15) is 14.7 Å². The van der Waals surface area contributed by atoms with Crippen molar-refractivity contribution in [2.75, 3.05) is 17.2 Å². The topological polar surface area (TPSA) is 90.5 Å². The number of urea groups is 1. The summed E-state index contributed by atoms with van der Waals surface area (Å²) in [6.07, 6.45) is 0. The van der Waals surface area contributed by atoms with Gasteiger partial charge in [0, 0.05) is 16.9 Å². The number of para-hydroxylation sites is 1. The summed E-state index contributed by atoms with van der Waals surface area (Å²) < 4.78 is 0. The Balaban J connectivity index is 2.03. The van der Waals surface area contributed by atoms with Gasteiger partial charge in [0.2, 0.25) is 0 Å². The molecule has 4 N–H and O–H groups in total. The number of carbonyl (C=O) groups is 2. The highest BCUT2D eigenvalue weighted by molar-refractivity contribution is 6.01. The summed E-state index contributed by atoms with van der Waals surface area (Å²) in [7, 11) is 0. The molecule has 2 aromatic rings. The number of hydrogen-bond acceptors (Lipinski definition) is 3. The zero-order chi connectivity index (χ0) is 19.2. The number of rotatable bonds is 5. The summed E-state index contributed by atoms with van der Waals surface area (Å²) in [5, 5.41) is 17.7. The molecule has 6 heteroatoms. The van der Waals surface area contributed by atoms with Gasteiger partial charge in [-0.25, -0.2) is 4.79 Å². The summed E-state index contributed by atoms with van der Waals surface area (Å²) in [6.45, 7) is 5.69. The molecule has 0 unspecified atom stereocenters. The van der Waals surface area contributed by atoms with E-state index in [2.05, 4.69) is 16.0 Å². The van der Waals surface area contributed by atoms with Crippen LogP contribution in [-0.4, -0.2) is 29.7 Å². The molecule has 138 valence electrons. The number of aliphatic hydroxyl groups is 1. The van der Waals surface area contributed by atoms with Gasteiger partial charge in [-0.3, -0.25) is 4.79 Å². The Labute approximate surface area is 153 Å². The van der Waals surface area contributed by atoms with Crippen LogP contribution in [0.4, 0.5) is 16.2 Å². The molecule has 3 amide bonds. The van der Waals surface area contributed by atoms with Crippen LogP contribution < -0.4 is 16.0 Å². The van der Waals surface area contributed by atoms with Crippen LogP contribution >= 0.6 is 0 Å². The summed E-state index contributed by atoms with van der Waals surface area (Å²) >= 11 is 0. The van der Waals surface area contributed by atoms with E-state index >= 15 is 0 Å². The van der Waals surface area contributed by atoms with Crippen LogP contribution in [0.25, 0.3) is 0 Å². The normalized spacial score (nSPS) is 12.2. The van der Waals surface area contributed by atoms with Crippen LogP contribution in [-0.2, 0) is 0 Å². The van der Waals surface area contributed by atoms with E-state index in [4.69, 9.17) is 0 Å². The number of carbonyl (C=O) groups excluding carboxylic acids is 2. The lowest BCUT2D eigenvalue weighted by Crippen LogP contribution is -2.46. The van der Waals surface area contributed by atoms with Gasteiger partial charge >= 0.3 is 6.03 Å². The predicted molar refractivity (Wildman–Crippen MR) is 103 cm³/mol. The number of benzene rings is 2. The highest BCUT2D eigenvalue weighted by Crippen LogP contribution is 2.20. The van der Waals surface area contributed by atoms with Crippen molar-refractivity contribution in [3.8, 4) is 0 Å². The molecule has 26 heavy (non-hydrogen) atoms. The summed E-state index contributed by atoms with van der Waals surface area (Å²) in [5.74, 6) is -0.300. The number of anilines is 2. The van der Waals surface area contributed by atoms with Crippen molar-refractivity contribution >= 4 is 23.3 Å². The first kappa shape index (κ1) is 19.5. The van der Waals surface area contributed by atoms with Gasteiger partial charge in [0.25, 0.3) is 5.91 Å². The van der Waals surface area contributed by atoms with Gasteiger partial charge in [-0.2, -0.15) is 0 Å². The maximum Gasteiger partial charge on any atom is 0.323 e. The third kappa shape index (κ3) is 5.60. The maximum atomic E-state index is 12.4. The van der Waals surface area contributed by atoms with Gasteiger partial charge in [-0.1, -0.05) is 45.0 Å². The fraction of sp³-hybridized carbons (Fsp3) is 0.300. The first-order chi connectivity index (χ1) is 12.3. The van der Waals surface area contributed by atoms with Crippen molar-refractivity contribution in [2.24, 2.45) is 5.41 Å². The molecule has 0 fully saturated rings. The second kappa shape index (κ2) is 8.49. The van der Waals surface area contributed by atoms with Crippen molar-refractivity contribution in [3.05, 3.63) is 60.2 Å². The van der Waals surface area contributed by atoms with Gasteiger partial charge in [0.05, 0.1) is 12.6 Å². The molecule has 2 rings (SSSR count). The van der Waals surface area contributed by atoms with E-state index in [0.29, 0.717) is 16.9 Å². The van der Waals surface area contributed by atoms with Crippen LogP contribution in [0.2, 0.25) is 0 Å². The first-order valence-corrected chi connectivity index (χ1v) is 8.44. The fourth-order valence-electron chi connectivity index (χ4n) is 2.33. The van der Waals surface area contributed by atoms with E-state index in [1.807, 2.05) is 39.0 Å². The molecule has 0 saturated carbocycles. The molecule has 0 aliphatic heterocycles. The van der Waals surface area contributed by atoms with Crippen LogP contribution in [0.1, 0.15) is 31.1 Å². The smallest absolute Gasteiger partial charge is 0.323 e. The van der Waals surface area contributed by atoms with E-state index in [1.54, 1.807) is 36.4 Å². The Morgan fingerprint density at radius 3 is 2.19 bits per heavy atom. The van der Waals surface area contributed by atoms with Gasteiger partial charge in [0.1, 0.15) is 0 Å². The van der Waals surface area contributed by atoms with Crippen molar-refractivity contribution in [1.29, 1.82) is 0 Å². The molecule has 0 bridgehead atoms. The zero-order valence-electron chi connectivity index (χ0n) is 15.2. The van der Waals surface area contributed by atoms with Gasteiger partial charge < -0.3 is 21.1 Å². The third-order valence-corrected chi connectivity index (χ3v) is 3.95. The Morgan fingerprint density at radius 2 is 1.58 bits per heavy atom. The second-order valence-corrected chi connectivity index (χ2v) is 7.10. The minimum absolute atomic E-state index is 0.146. The van der Waals surface area contributed by atoms with Crippen molar-refractivity contribution in [1.82, 2.24) is 5.32 Å². The molecular formula is C20H25N3O3. The quantitative estimate of drug-likeness (QED) is 0.662. The van der Waals surface area contributed by atoms with E-state index in [0.717, 1.165) is 0 Å². The largest absolute Gasteiger partial charge is 0.394 e. The minimum Gasteiger partial charge on any atom is -0.394 e. The van der Waals surface area contributed by atoms with Gasteiger partial charge in [0.15, 0.2) is 0 Å². The van der Waals surface area contributed by atoms with Crippen molar-refractivity contribution in [2.45, 2.75) is 26.8 Å². The lowest BCUT2D eigenvalue weighted by Gasteiger charge is -2.29. The molecule has 0 radical (unpaired) electrons. The number of nitrogens with one attached hydrogen (secondary N) is 3. The standard InChI is InChI=1S/C20H25N3O3/c1-20(2,3)17(13-24)23-18(25)14-8-7-11-16(12-14)22-19(26)21-15-9-5-4-6-10-15/h4-12,17,24H,13H2,1-3H3,(H,23,25)(H2,21,22,26)/t17-/m1/s1. The molecular weight excluding hydrogens is 330 g/mol. The molecule has 0 aliphatic carbocycles. The SMILES string of the molecule is CC(C)(C)[C@@H](CO)NC(=O)c1cccc(NC(=O)Nc2ccccc2)c1. The summed E-state index contributed by atoms with van der Waals surface area (Å²) in [6, 6.07) is 15.0. The lowest BCUT2D eigenvalue weighted by atomic mass is 9.87. The molecule has 1 atom stereocenters. The molecule has 0 aliphatic rings. The molecule has 0 saturated heterocycles. The molecule has 0 spiro atoms. The third-order valence-electron chi connectivity index (χ3n) is 3.95. The number of hydrogen-bond donors (Lipinski definition) is 4. The van der Waals surface area contributed by atoms with Gasteiger partial charge in [-0.05, 0) is 35.7 Å². The highest BCUT2D eigenvalue weighted by Gasteiger charge is 2.25. The van der Waals surface area contributed by atoms with Crippen molar-refractivity contribution < 1.29 is 14.7 Å². The summed E-state index contributed by atoms with van der Waals surface area (Å²) in [5.41, 5.74) is 1.32. The van der Waals surface area contributed by atoms with E-state index < -0.39 is 6.03 Å². The Bertz CT molecular complexity index is 754. The van der Waals surface area contributed by atoms with Crippen molar-refractivity contribution in [3.63, 3.8) is 0 Å².